The van der Waals surface area contributed by atoms with Crippen LogP contribution >= 0.6 is 15.9 Å². The topological polar surface area (TPSA) is 108 Å². The summed E-state index contributed by atoms with van der Waals surface area (Å²) in [5.41, 5.74) is 5.17. The van der Waals surface area contributed by atoms with Gasteiger partial charge in [0.1, 0.15) is 0 Å². The Kier molecular flexibility index (Phi) is 6.26. The summed E-state index contributed by atoms with van der Waals surface area (Å²) in [5.74, 6) is -1.97. The number of hydrogen-bond acceptors (Lipinski definition) is 5. The summed E-state index contributed by atoms with van der Waals surface area (Å²) in [5, 5.41) is 8.79. The molecule has 126 valence electrons. The van der Waals surface area contributed by atoms with E-state index in [2.05, 4.69) is 26.8 Å². The van der Waals surface area contributed by atoms with E-state index in [1.165, 1.54) is 18.2 Å². The number of benzene rings is 2. The van der Waals surface area contributed by atoms with Crippen molar-refractivity contribution < 1.29 is 19.1 Å². The van der Waals surface area contributed by atoms with Gasteiger partial charge in [0.2, 0.25) is 0 Å². The number of hydrogen-bond donors (Lipinski definition) is 2. The van der Waals surface area contributed by atoms with Crippen LogP contribution in [0.4, 0.5) is 0 Å². The summed E-state index contributed by atoms with van der Waals surface area (Å²) < 4.78 is 5.40. The van der Waals surface area contributed by atoms with Crippen molar-refractivity contribution in [3.05, 3.63) is 69.7 Å². The summed E-state index contributed by atoms with van der Waals surface area (Å²) in [6.45, 7) is -0.578. The Balaban J connectivity index is 1.82. The van der Waals surface area contributed by atoms with Crippen LogP contribution in [0.5, 0.6) is 0 Å². The zero-order valence-corrected chi connectivity index (χ0v) is 14.4. The van der Waals surface area contributed by atoms with Crippen molar-refractivity contribution in [2.75, 3.05) is 6.61 Å². The minimum Gasteiger partial charge on any atom is -0.452 e. The molecule has 25 heavy (non-hydrogen) atoms. The number of ether oxygens (including phenoxy) is 1. The number of halogens is 1. The molecule has 0 unspecified atom stereocenters. The highest BCUT2D eigenvalue weighted by Gasteiger charge is 2.13. The van der Waals surface area contributed by atoms with Crippen LogP contribution in [0.1, 0.15) is 26.3 Å². The lowest BCUT2D eigenvalue weighted by molar-refractivity contribution is -0.125. The molecular weight excluding hydrogens is 390 g/mol. The fourth-order valence-electron chi connectivity index (χ4n) is 1.81. The van der Waals surface area contributed by atoms with Gasteiger partial charge in [-0.1, -0.05) is 18.2 Å². The number of esters is 1. The lowest BCUT2D eigenvalue weighted by Gasteiger charge is -2.09. The van der Waals surface area contributed by atoms with Gasteiger partial charge in [-0.05, 0) is 46.3 Å². The Labute approximate surface area is 151 Å². The molecule has 2 N–H and O–H groups in total. The second-order valence-electron chi connectivity index (χ2n) is 4.75. The minimum absolute atomic E-state index is 0.157. The van der Waals surface area contributed by atoms with Gasteiger partial charge in [-0.3, -0.25) is 20.4 Å². The molecule has 0 spiro atoms. The number of nitriles is 1. The monoisotopic (exact) mass is 401 g/mol. The molecule has 0 atom stereocenters. The molecule has 0 heterocycles. The van der Waals surface area contributed by atoms with Crippen LogP contribution in [0.3, 0.4) is 0 Å². The largest absolute Gasteiger partial charge is 0.452 e. The third-order valence-corrected chi connectivity index (χ3v) is 3.69. The van der Waals surface area contributed by atoms with Crippen molar-refractivity contribution in [1.82, 2.24) is 10.9 Å². The van der Waals surface area contributed by atoms with Gasteiger partial charge in [0.15, 0.2) is 6.61 Å². The third kappa shape index (κ3) is 5.16. The number of carbonyl (C=O) groups is 3. The maximum absolute atomic E-state index is 11.9. The normalized spacial score (nSPS) is 9.60. The molecule has 2 amide bonds. The zero-order chi connectivity index (χ0) is 18.2. The van der Waals surface area contributed by atoms with E-state index >= 15 is 0 Å². The first-order chi connectivity index (χ1) is 12.0. The first kappa shape index (κ1) is 18.2. The zero-order valence-electron chi connectivity index (χ0n) is 12.8. The first-order valence-corrected chi connectivity index (χ1v) is 7.81. The van der Waals surface area contributed by atoms with Gasteiger partial charge in [-0.25, -0.2) is 4.79 Å². The van der Waals surface area contributed by atoms with Gasteiger partial charge < -0.3 is 4.74 Å². The summed E-state index contributed by atoms with van der Waals surface area (Å²) in [6.07, 6.45) is 0. The molecule has 2 aromatic rings. The Morgan fingerprint density at radius 2 is 1.84 bits per heavy atom. The number of nitrogens with one attached hydrogen (secondary N) is 2. The number of rotatable bonds is 4. The highest BCUT2D eigenvalue weighted by atomic mass is 79.9. The fourth-order valence-corrected chi connectivity index (χ4v) is 2.27. The van der Waals surface area contributed by atoms with E-state index in [-0.39, 0.29) is 5.56 Å². The Bertz CT molecular complexity index is 861. The van der Waals surface area contributed by atoms with Crippen LogP contribution in [0, 0.1) is 11.3 Å². The molecule has 0 radical (unpaired) electrons. The predicted octanol–water partition coefficient (Wildman–Crippen LogP) is 1.94. The van der Waals surface area contributed by atoms with Crippen LogP contribution in [0.2, 0.25) is 0 Å². The average Bonchev–Trinajstić information content (AvgIpc) is 2.64. The minimum atomic E-state index is -0.746. The molecule has 0 saturated carbocycles. The molecular formula is C17H12BrN3O4. The van der Waals surface area contributed by atoms with E-state index in [0.717, 1.165) is 0 Å². The number of nitrogens with zero attached hydrogens (tertiary/aromatic N) is 1. The maximum Gasteiger partial charge on any atom is 0.338 e. The van der Waals surface area contributed by atoms with Crippen molar-refractivity contribution in [3.8, 4) is 6.07 Å². The fraction of sp³-hybridized carbons (Fsp3) is 0.0588. The summed E-state index contributed by atoms with van der Waals surface area (Å²) in [4.78, 5) is 35.4. The molecule has 0 aromatic heterocycles. The Hall–Kier alpha value is -3.18. The lowest BCUT2D eigenvalue weighted by Crippen LogP contribution is -2.43. The van der Waals surface area contributed by atoms with Crippen molar-refractivity contribution in [2.24, 2.45) is 0 Å². The molecule has 0 bridgehead atoms. The average molecular weight is 402 g/mol. The van der Waals surface area contributed by atoms with Gasteiger partial charge in [0.05, 0.1) is 22.8 Å². The van der Waals surface area contributed by atoms with Crippen LogP contribution in [0.25, 0.3) is 0 Å². The highest BCUT2D eigenvalue weighted by Crippen LogP contribution is 2.15. The summed E-state index contributed by atoms with van der Waals surface area (Å²) >= 11 is 3.23. The SMILES string of the molecule is N#Cc1cccc(C(=O)OCC(=O)NNC(=O)c2ccccc2Br)c1. The van der Waals surface area contributed by atoms with E-state index < -0.39 is 24.4 Å². The number of hydrazine groups is 1. The second kappa shape index (κ2) is 8.61. The van der Waals surface area contributed by atoms with E-state index in [9.17, 15) is 14.4 Å². The van der Waals surface area contributed by atoms with Crippen molar-refractivity contribution in [1.29, 1.82) is 5.26 Å². The first-order valence-electron chi connectivity index (χ1n) is 7.02. The van der Waals surface area contributed by atoms with Gasteiger partial charge in [0, 0.05) is 4.47 Å². The van der Waals surface area contributed by atoms with Gasteiger partial charge in [-0.15, -0.1) is 0 Å². The van der Waals surface area contributed by atoms with Crippen molar-refractivity contribution in [3.63, 3.8) is 0 Å². The van der Waals surface area contributed by atoms with Crippen molar-refractivity contribution >= 4 is 33.7 Å². The smallest absolute Gasteiger partial charge is 0.338 e. The predicted molar refractivity (Wildman–Crippen MR) is 91.2 cm³/mol. The van der Waals surface area contributed by atoms with Crippen LogP contribution in [-0.4, -0.2) is 24.4 Å². The van der Waals surface area contributed by atoms with Crippen molar-refractivity contribution in [2.45, 2.75) is 0 Å². The number of carbonyl (C=O) groups excluding carboxylic acids is 3. The van der Waals surface area contributed by atoms with Crippen LogP contribution < -0.4 is 10.9 Å². The van der Waals surface area contributed by atoms with Crippen LogP contribution in [-0.2, 0) is 9.53 Å². The van der Waals surface area contributed by atoms with E-state index in [1.807, 2.05) is 6.07 Å². The highest BCUT2D eigenvalue weighted by molar-refractivity contribution is 9.10. The molecule has 7 nitrogen and oxygen atoms in total. The molecule has 0 saturated heterocycles. The quantitative estimate of drug-likeness (QED) is 0.600. The van der Waals surface area contributed by atoms with Gasteiger partial charge >= 0.3 is 5.97 Å². The van der Waals surface area contributed by atoms with E-state index in [0.29, 0.717) is 15.6 Å². The maximum atomic E-state index is 11.9. The summed E-state index contributed by atoms with van der Waals surface area (Å²) in [7, 11) is 0. The molecule has 2 rings (SSSR count). The Morgan fingerprint density at radius 1 is 1.08 bits per heavy atom. The van der Waals surface area contributed by atoms with Crippen LogP contribution in [0.15, 0.2) is 53.0 Å². The van der Waals surface area contributed by atoms with E-state index in [4.69, 9.17) is 10.00 Å². The molecule has 0 aliphatic carbocycles. The second-order valence-corrected chi connectivity index (χ2v) is 5.61. The Morgan fingerprint density at radius 3 is 2.56 bits per heavy atom. The van der Waals surface area contributed by atoms with Gasteiger partial charge in [-0.2, -0.15) is 5.26 Å². The summed E-state index contributed by atoms with van der Waals surface area (Å²) in [6, 6.07) is 14.5. The molecule has 0 aliphatic heterocycles. The molecule has 0 aliphatic rings. The third-order valence-electron chi connectivity index (χ3n) is 3.00. The molecule has 8 heteroatoms. The molecule has 0 fully saturated rings. The molecule has 2 aromatic carbocycles. The van der Waals surface area contributed by atoms with Gasteiger partial charge in [0.25, 0.3) is 11.8 Å². The lowest BCUT2D eigenvalue weighted by atomic mass is 10.1. The number of amides is 2. The van der Waals surface area contributed by atoms with E-state index in [1.54, 1.807) is 30.3 Å². The standard InChI is InChI=1S/C17H12BrN3O4/c18-14-7-2-1-6-13(14)16(23)21-20-15(22)10-25-17(24)12-5-3-4-11(8-12)9-19/h1-8H,10H2,(H,20,22)(H,21,23).